The van der Waals surface area contributed by atoms with Crippen molar-refractivity contribution >= 4 is 48.2 Å². The molecular weight excluding hydrogens is 464 g/mol. The maximum Gasteiger partial charge on any atom is 0.0187 e. The quantitative estimate of drug-likeness (QED) is 0.118. The van der Waals surface area contributed by atoms with E-state index in [0.29, 0.717) is 0 Å². The van der Waals surface area contributed by atoms with Crippen molar-refractivity contribution in [2.45, 2.75) is 104 Å². The zero-order chi connectivity index (χ0) is 23.0. The van der Waals surface area contributed by atoms with Gasteiger partial charge in [-0.1, -0.05) is 124 Å². The molecule has 33 heavy (non-hydrogen) atoms. The van der Waals surface area contributed by atoms with Crippen molar-refractivity contribution in [3.63, 3.8) is 0 Å². The molecule has 0 aliphatic carbocycles. The Hall–Kier alpha value is -1.60. The van der Waals surface area contributed by atoms with Gasteiger partial charge in [0, 0.05) is 4.47 Å². The number of rotatable bonds is 14. The smallest absolute Gasteiger partial charge is 0.0187 e. The van der Waals surface area contributed by atoms with Crippen molar-refractivity contribution in [1.82, 2.24) is 0 Å². The number of benzene rings is 4. The summed E-state index contributed by atoms with van der Waals surface area (Å²) in [7, 11) is 0. The number of unbranched alkanes of at least 4 members (excludes halogenated alkanes) is 10. The number of halogens is 1. The van der Waals surface area contributed by atoms with Gasteiger partial charge < -0.3 is 0 Å². The monoisotopic (exact) mass is 504 g/mol. The van der Waals surface area contributed by atoms with Gasteiger partial charge >= 0.3 is 0 Å². The Labute approximate surface area is 209 Å². The first-order valence-electron chi connectivity index (χ1n) is 13.6. The van der Waals surface area contributed by atoms with Crippen LogP contribution in [0.15, 0.2) is 46.9 Å². The molecule has 0 aromatic heterocycles. The molecule has 1 heteroatoms. The molecule has 0 aliphatic heterocycles. The second kappa shape index (κ2) is 12.2. The molecular formula is C32H41Br. The van der Waals surface area contributed by atoms with Crippen LogP contribution in [0.25, 0.3) is 32.3 Å². The minimum Gasteiger partial charge on any atom is -0.0654 e. The average molecular weight is 506 g/mol. The fourth-order valence-electron chi connectivity index (χ4n) is 5.65. The summed E-state index contributed by atoms with van der Waals surface area (Å²) in [5.74, 6) is 0. The van der Waals surface area contributed by atoms with Gasteiger partial charge in [0.2, 0.25) is 0 Å². The molecule has 4 aromatic carbocycles. The molecule has 0 radical (unpaired) electrons. The van der Waals surface area contributed by atoms with Gasteiger partial charge in [-0.15, -0.1) is 0 Å². The predicted molar refractivity (Wildman–Crippen MR) is 152 cm³/mol. The largest absolute Gasteiger partial charge is 0.0654 e. The van der Waals surface area contributed by atoms with Crippen LogP contribution in [0.2, 0.25) is 0 Å². The molecule has 0 aliphatic rings. The van der Waals surface area contributed by atoms with Crippen LogP contribution in [0.4, 0.5) is 0 Å². The first-order chi connectivity index (χ1) is 16.2. The van der Waals surface area contributed by atoms with Crippen molar-refractivity contribution in [1.29, 1.82) is 0 Å². The van der Waals surface area contributed by atoms with Crippen molar-refractivity contribution in [3.05, 3.63) is 58.1 Å². The van der Waals surface area contributed by atoms with Crippen LogP contribution in [-0.4, -0.2) is 0 Å². The lowest BCUT2D eigenvalue weighted by molar-refractivity contribution is 0.608. The zero-order valence-electron chi connectivity index (χ0n) is 20.8. The molecule has 0 amide bonds. The van der Waals surface area contributed by atoms with Crippen molar-refractivity contribution in [2.75, 3.05) is 0 Å². The van der Waals surface area contributed by atoms with E-state index >= 15 is 0 Å². The topological polar surface area (TPSA) is 0 Å². The number of hydrogen-bond acceptors (Lipinski definition) is 0. The minimum absolute atomic E-state index is 1.19. The van der Waals surface area contributed by atoms with E-state index in [4.69, 9.17) is 0 Å². The summed E-state index contributed by atoms with van der Waals surface area (Å²) in [5, 5.41) is 8.76. The Kier molecular flexibility index (Phi) is 9.07. The molecule has 0 saturated heterocycles. The summed E-state index contributed by atoms with van der Waals surface area (Å²) >= 11 is 3.83. The maximum absolute atomic E-state index is 3.83. The SMILES string of the molecule is CCCCCCCCc1cc2cc(Br)cc3c(CCCCCCCC)cc4cccc1c4c23. The van der Waals surface area contributed by atoms with Crippen LogP contribution in [0.5, 0.6) is 0 Å². The highest BCUT2D eigenvalue weighted by atomic mass is 79.9. The molecule has 0 unspecified atom stereocenters. The lowest BCUT2D eigenvalue weighted by Crippen LogP contribution is -1.96. The molecule has 0 N–H and O–H groups in total. The summed E-state index contributed by atoms with van der Waals surface area (Å²) < 4.78 is 1.21. The zero-order valence-corrected chi connectivity index (χ0v) is 22.4. The molecule has 0 atom stereocenters. The van der Waals surface area contributed by atoms with Crippen LogP contribution >= 0.6 is 15.9 Å². The highest BCUT2D eigenvalue weighted by molar-refractivity contribution is 9.10. The highest BCUT2D eigenvalue weighted by Gasteiger charge is 2.15. The van der Waals surface area contributed by atoms with Gasteiger partial charge in [-0.05, 0) is 81.3 Å². The summed E-state index contributed by atoms with van der Waals surface area (Å²) in [6.45, 7) is 4.59. The third-order valence-electron chi connectivity index (χ3n) is 7.43. The lowest BCUT2D eigenvalue weighted by Gasteiger charge is -2.18. The Morgan fingerprint density at radius 3 is 1.76 bits per heavy atom. The maximum atomic E-state index is 3.83. The van der Waals surface area contributed by atoms with Crippen molar-refractivity contribution in [2.24, 2.45) is 0 Å². The Morgan fingerprint density at radius 2 is 1.09 bits per heavy atom. The van der Waals surface area contributed by atoms with E-state index in [-0.39, 0.29) is 0 Å². The van der Waals surface area contributed by atoms with Gasteiger partial charge in [0.15, 0.2) is 0 Å². The van der Waals surface area contributed by atoms with Crippen molar-refractivity contribution in [3.8, 4) is 0 Å². The molecule has 4 rings (SSSR count). The Morgan fingerprint density at radius 1 is 0.545 bits per heavy atom. The highest BCUT2D eigenvalue weighted by Crippen LogP contribution is 2.40. The fraction of sp³-hybridized carbons (Fsp3) is 0.500. The lowest BCUT2D eigenvalue weighted by atomic mass is 9.86. The Balaban J connectivity index is 1.63. The van der Waals surface area contributed by atoms with E-state index < -0.39 is 0 Å². The third-order valence-corrected chi connectivity index (χ3v) is 7.89. The van der Waals surface area contributed by atoms with Crippen LogP contribution in [0, 0.1) is 0 Å². The first-order valence-corrected chi connectivity index (χ1v) is 14.4. The molecule has 176 valence electrons. The predicted octanol–water partition coefficient (Wildman–Crippen LogP) is 11.2. The van der Waals surface area contributed by atoms with E-state index in [1.807, 2.05) is 0 Å². The number of hydrogen-bond donors (Lipinski definition) is 0. The van der Waals surface area contributed by atoms with Gasteiger partial charge in [-0.25, -0.2) is 0 Å². The average Bonchev–Trinajstić information content (AvgIpc) is 2.82. The van der Waals surface area contributed by atoms with E-state index in [9.17, 15) is 0 Å². The summed E-state index contributed by atoms with van der Waals surface area (Å²) in [4.78, 5) is 0. The third kappa shape index (κ3) is 5.91. The van der Waals surface area contributed by atoms with Crippen LogP contribution in [0.3, 0.4) is 0 Å². The van der Waals surface area contributed by atoms with Gasteiger partial charge in [0.1, 0.15) is 0 Å². The van der Waals surface area contributed by atoms with Crippen LogP contribution in [-0.2, 0) is 12.8 Å². The summed E-state index contributed by atoms with van der Waals surface area (Å²) in [6.07, 6.45) is 18.6. The van der Waals surface area contributed by atoms with E-state index in [1.165, 1.54) is 138 Å². The first kappa shape index (κ1) is 24.5. The number of aryl methyl sites for hydroxylation is 2. The molecule has 0 nitrogen and oxygen atoms in total. The van der Waals surface area contributed by atoms with Crippen LogP contribution < -0.4 is 0 Å². The molecule has 0 bridgehead atoms. The summed E-state index contributed by atoms with van der Waals surface area (Å²) in [6, 6.07) is 16.7. The standard InChI is InChI=1S/C32H41Br/c1-3-5-7-9-11-13-16-24-21-27-22-28(33)23-30-25(17-14-12-10-8-6-4-2)20-26-18-15-19-29(24)31(26)32(27)30/h15,18-23H,3-14,16-17H2,1-2H3. The second-order valence-corrected chi connectivity index (χ2v) is 11.0. The van der Waals surface area contributed by atoms with Gasteiger partial charge in [-0.3, -0.25) is 0 Å². The Bertz CT molecular complexity index is 1160. The fourth-order valence-corrected chi connectivity index (χ4v) is 6.12. The van der Waals surface area contributed by atoms with Gasteiger partial charge in [0.25, 0.3) is 0 Å². The molecule has 0 spiro atoms. The van der Waals surface area contributed by atoms with Gasteiger partial charge in [-0.2, -0.15) is 0 Å². The van der Waals surface area contributed by atoms with E-state index in [2.05, 4.69) is 72.2 Å². The minimum atomic E-state index is 1.19. The van der Waals surface area contributed by atoms with Crippen molar-refractivity contribution < 1.29 is 0 Å². The van der Waals surface area contributed by atoms with E-state index in [0.717, 1.165) is 0 Å². The van der Waals surface area contributed by atoms with E-state index in [1.54, 1.807) is 0 Å². The van der Waals surface area contributed by atoms with Crippen LogP contribution in [0.1, 0.15) is 102 Å². The molecule has 0 fully saturated rings. The summed E-state index contributed by atoms with van der Waals surface area (Å²) in [5.41, 5.74) is 3.06. The van der Waals surface area contributed by atoms with Gasteiger partial charge in [0.05, 0.1) is 0 Å². The molecule has 0 heterocycles. The normalized spacial score (nSPS) is 12.0. The second-order valence-electron chi connectivity index (χ2n) is 10.1. The molecule has 0 saturated carbocycles. The molecule has 4 aromatic rings.